The third-order valence-corrected chi connectivity index (χ3v) is 9.20. The molecule has 1 aromatic carbocycles. The second-order valence-corrected chi connectivity index (χ2v) is 11.9. The van der Waals surface area contributed by atoms with Crippen molar-refractivity contribution in [3.05, 3.63) is 59.9 Å². The predicted octanol–water partition coefficient (Wildman–Crippen LogP) is 5.07. The van der Waals surface area contributed by atoms with Crippen LogP contribution < -0.4 is 15.8 Å². The maximum atomic E-state index is 13.8. The van der Waals surface area contributed by atoms with Gasteiger partial charge in [-0.05, 0) is 36.0 Å². The summed E-state index contributed by atoms with van der Waals surface area (Å²) in [6.45, 7) is 7.80. The van der Waals surface area contributed by atoms with Crippen molar-refractivity contribution >= 4 is 17.8 Å². The first-order valence-corrected chi connectivity index (χ1v) is 14.0. The van der Waals surface area contributed by atoms with Gasteiger partial charge < -0.3 is 15.8 Å². The molecule has 0 bridgehead atoms. The van der Waals surface area contributed by atoms with Gasteiger partial charge in [0.05, 0.1) is 24.0 Å². The van der Waals surface area contributed by atoms with E-state index in [2.05, 4.69) is 10.3 Å². The Kier molecular flexibility index (Phi) is 7.28. The predicted molar refractivity (Wildman–Crippen MR) is 147 cm³/mol. The molecule has 3 heterocycles. The summed E-state index contributed by atoms with van der Waals surface area (Å²) >= 11 is 0. The first kappa shape index (κ1) is 28.9. The van der Waals surface area contributed by atoms with Crippen LogP contribution in [0.3, 0.4) is 0 Å². The fourth-order valence-electron chi connectivity index (χ4n) is 6.64. The molecule has 0 radical (unpaired) electrons. The number of pyridine rings is 1. The normalized spacial score (nSPS) is 27.2. The van der Waals surface area contributed by atoms with Crippen LogP contribution in [0.25, 0.3) is 0 Å². The highest BCUT2D eigenvalue weighted by Gasteiger charge is 2.67. The number of nitrogens with zero attached hydrogens (tertiary/aromatic N) is 3. The molecule has 3 N–H and O–H groups in total. The molecule has 41 heavy (non-hydrogen) atoms. The van der Waals surface area contributed by atoms with Crippen molar-refractivity contribution in [3.63, 3.8) is 0 Å². The number of benzene rings is 1. The first-order valence-electron chi connectivity index (χ1n) is 14.0. The van der Waals surface area contributed by atoms with Crippen molar-refractivity contribution in [2.24, 2.45) is 28.0 Å². The smallest absolute Gasteiger partial charge is 0.425 e. The van der Waals surface area contributed by atoms with E-state index in [0.717, 1.165) is 0 Å². The van der Waals surface area contributed by atoms with Crippen LogP contribution in [0.4, 0.5) is 13.2 Å². The van der Waals surface area contributed by atoms with Crippen LogP contribution in [0, 0.1) is 17.3 Å². The van der Waals surface area contributed by atoms with E-state index >= 15 is 0 Å². The van der Waals surface area contributed by atoms with E-state index in [9.17, 15) is 22.8 Å². The SMILES string of the molecule is CCC1(CC)CC(=O)N([C@@H](c2cccnc2)[C@@H]2[C@@H](C(=O)N[C@H]3C[C@H](C(F)(F)F)Oc4ccccc43)C2(C)C)C(N)=N1. The quantitative estimate of drug-likeness (QED) is 0.482. The van der Waals surface area contributed by atoms with E-state index in [1.54, 1.807) is 36.7 Å². The summed E-state index contributed by atoms with van der Waals surface area (Å²) in [5.41, 5.74) is 6.53. The zero-order chi connectivity index (χ0) is 29.7. The number of rotatable bonds is 7. The summed E-state index contributed by atoms with van der Waals surface area (Å²) in [5, 5.41) is 2.89. The maximum Gasteiger partial charge on any atom is 0.425 e. The molecule has 5 rings (SSSR count). The lowest BCUT2D eigenvalue weighted by molar-refractivity contribution is -0.201. The van der Waals surface area contributed by atoms with E-state index in [-0.39, 0.29) is 35.9 Å². The first-order chi connectivity index (χ1) is 19.3. The zero-order valence-electron chi connectivity index (χ0n) is 23.6. The highest BCUT2D eigenvalue weighted by Crippen LogP contribution is 2.65. The van der Waals surface area contributed by atoms with Crippen molar-refractivity contribution in [2.45, 2.75) is 83.3 Å². The fraction of sp³-hybridized carbons (Fsp3) is 0.533. The lowest BCUT2D eigenvalue weighted by atomic mass is 9.86. The van der Waals surface area contributed by atoms with Crippen molar-refractivity contribution in [1.29, 1.82) is 0 Å². The molecule has 0 unspecified atom stereocenters. The summed E-state index contributed by atoms with van der Waals surface area (Å²) < 4.78 is 46.3. The monoisotopic (exact) mass is 571 g/mol. The number of aliphatic imine (C=N–C) groups is 1. The van der Waals surface area contributed by atoms with Gasteiger partial charge in [-0.25, -0.2) is 4.99 Å². The molecule has 2 aliphatic heterocycles. The number of fused-ring (bicyclic) bond motifs is 1. The number of hydrogen-bond donors (Lipinski definition) is 2. The van der Waals surface area contributed by atoms with Crippen molar-refractivity contribution < 1.29 is 27.5 Å². The Morgan fingerprint density at radius 2 is 1.90 bits per heavy atom. The van der Waals surface area contributed by atoms with Gasteiger partial charge in [0.2, 0.25) is 11.8 Å². The number of carbonyl (C=O) groups is 2. The number of hydrogen-bond acceptors (Lipinski definition) is 6. The Balaban J connectivity index is 1.47. The number of para-hydroxylation sites is 1. The van der Waals surface area contributed by atoms with Crippen LogP contribution in [0.5, 0.6) is 5.75 Å². The van der Waals surface area contributed by atoms with E-state index < -0.39 is 47.7 Å². The van der Waals surface area contributed by atoms with Crippen LogP contribution >= 0.6 is 0 Å². The van der Waals surface area contributed by atoms with E-state index in [1.165, 1.54) is 11.0 Å². The summed E-state index contributed by atoms with van der Waals surface area (Å²) in [6, 6.07) is 8.53. The summed E-state index contributed by atoms with van der Waals surface area (Å²) in [7, 11) is 0. The van der Waals surface area contributed by atoms with Gasteiger partial charge in [-0.2, -0.15) is 13.2 Å². The average Bonchev–Trinajstić information content (AvgIpc) is 3.51. The Morgan fingerprint density at radius 3 is 2.51 bits per heavy atom. The third-order valence-electron chi connectivity index (χ3n) is 9.20. The minimum Gasteiger partial charge on any atom is -0.480 e. The topological polar surface area (TPSA) is 110 Å². The number of guanidine groups is 1. The lowest BCUT2D eigenvalue weighted by Gasteiger charge is -2.40. The number of aromatic nitrogens is 1. The van der Waals surface area contributed by atoms with E-state index in [4.69, 9.17) is 15.5 Å². The Morgan fingerprint density at radius 1 is 1.20 bits per heavy atom. The molecule has 220 valence electrons. The molecule has 1 saturated carbocycles. The zero-order valence-corrected chi connectivity index (χ0v) is 23.6. The molecule has 2 aromatic rings. The standard InChI is InChI=1S/C30H36F3N5O3/c1-5-29(6-2)15-22(39)38(27(34)37-29)25(17-10-9-13-35-16-17)23-24(28(23,3)4)26(40)36-19-14-21(30(31,32)33)41-20-12-8-7-11-18(19)20/h7-13,16,19,21,23-25H,5-6,14-15H2,1-4H3,(H2,34,37)(H,36,40)/t19-,21+,23-,24-,25-/m0/s1. The average molecular weight is 572 g/mol. The summed E-state index contributed by atoms with van der Waals surface area (Å²) in [6.07, 6.45) is -2.26. The van der Waals surface area contributed by atoms with Gasteiger partial charge in [-0.3, -0.25) is 19.5 Å². The molecular weight excluding hydrogens is 535 g/mol. The molecule has 8 nitrogen and oxygen atoms in total. The highest BCUT2D eigenvalue weighted by atomic mass is 19.4. The molecule has 3 aliphatic rings. The van der Waals surface area contributed by atoms with Crippen LogP contribution in [-0.2, 0) is 9.59 Å². The molecule has 11 heteroatoms. The lowest BCUT2D eigenvalue weighted by Crippen LogP contribution is -2.53. The molecule has 1 aliphatic carbocycles. The number of alkyl halides is 3. The Labute approximate surface area is 237 Å². The van der Waals surface area contributed by atoms with Gasteiger partial charge >= 0.3 is 6.18 Å². The summed E-state index contributed by atoms with van der Waals surface area (Å²) in [5.74, 6) is -1.34. The van der Waals surface area contributed by atoms with E-state index in [0.29, 0.717) is 24.0 Å². The van der Waals surface area contributed by atoms with Gasteiger partial charge in [-0.15, -0.1) is 0 Å². The molecule has 1 aromatic heterocycles. The van der Waals surface area contributed by atoms with Crippen LogP contribution in [-0.4, -0.2) is 45.5 Å². The van der Waals surface area contributed by atoms with Crippen molar-refractivity contribution in [3.8, 4) is 5.75 Å². The second kappa shape index (κ2) is 10.3. The Bertz CT molecular complexity index is 1340. The number of halogens is 3. The number of nitrogens with two attached hydrogens (primary N) is 1. The molecule has 1 fully saturated rings. The summed E-state index contributed by atoms with van der Waals surface area (Å²) in [4.78, 5) is 38.0. The van der Waals surface area contributed by atoms with Gasteiger partial charge in [0, 0.05) is 36.2 Å². The molecular formula is C30H36F3N5O3. The molecule has 2 amide bonds. The molecule has 5 atom stereocenters. The number of carbonyl (C=O) groups excluding carboxylic acids is 2. The number of nitrogens with one attached hydrogen (secondary N) is 1. The minimum absolute atomic E-state index is 0.101. The van der Waals surface area contributed by atoms with Gasteiger partial charge in [0.15, 0.2) is 12.1 Å². The fourth-order valence-corrected chi connectivity index (χ4v) is 6.64. The number of amides is 2. The van der Waals surface area contributed by atoms with Gasteiger partial charge in [-0.1, -0.05) is 52.0 Å². The molecule has 0 spiro atoms. The van der Waals surface area contributed by atoms with Crippen LogP contribution in [0.1, 0.15) is 76.6 Å². The largest absolute Gasteiger partial charge is 0.480 e. The van der Waals surface area contributed by atoms with E-state index in [1.807, 2.05) is 33.8 Å². The van der Waals surface area contributed by atoms with Crippen molar-refractivity contribution in [1.82, 2.24) is 15.2 Å². The van der Waals surface area contributed by atoms with Gasteiger partial charge in [0.25, 0.3) is 0 Å². The highest BCUT2D eigenvalue weighted by molar-refractivity contribution is 6.00. The van der Waals surface area contributed by atoms with Crippen molar-refractivity contribution in [2.75, 3.05) is 0 Å². The second-order valence-electron chi connectivity index (χ2n) is 11.9. The van der Waals surface area contributed by atoms with Crippen LogP contribution in [0.2, 0.25) is 0 Å². The van der Waals surface area contributed by atoms with Gasteiger partial charge in [0.1, 0.15) is 5.75 Å². The van der Waals surface area contributed by atoms with Crippen LogP contribution in [0.15, 0.2) is 53.8 Å². The number of ether oxygens (including phenoxy) is 1. The molecule has 0 saturated heterocycles. The Hall–Kier alpha value is -3.63. The third kappa shape index (κ3) is 5.15. The minimum atomic E-state index is -4.58. The maximum absolute atomic E-state index is 13.8.